The summed E-state index contributed by atoms with van der Waals surface area (Å²) in [5.41, 5.74) is 0. The van der Waals surface area contributed by atoms with Gasteiger partial charge in [-0.2, -0.15) is 0 Å². The van der Waals surface area contributed by atoms with Crippen LogP contribution in [0.2, 0.25) is 0 Å². The summed E-state index contributed by atoms with van der Waals surface area (Å²) in [6.07, 6.45) is 5.50. The standard InChI is InChI=1S/C11H23NO2S/c1-3-5-6-10(4-2)12-11-7-8-15(13,14)9-11/h10-12H,3-9H2,1-2H3/t10-,11-/m1/s1. The van der Waals surface area contributed by atoms with Crippen molar-refractivity contribution in [3.05, 3.63) is 0 Å². The first-order valence-electron chi connectivity index (χ1n) is 6.04. The predicted molar refractivity (Wildman–Crippen MR) is 63.8 cm³/mol. The SMILES string of the molecule is CCCC[C@@H](CC)N[C@@H]1CCS(=O)(=O)C1. The van der Waals surface area contributed by atoms with Gasteiger partial charge in [0.25, 0.3) is 0 Å². The Morgan fingerprint density at radius 3 is 2.60 bits per heavy atom. The largest absolute Gasteiger partial charge is 0.310 e. The second-order valence-corrected chi connectivity index (χ2v) is 6.74. The number of hydrogen-bond donors (Lipinski definition) is 1. The van der Waals surface area contributed by atoms with E-state index in [4.69, 9.17) is 0 Å². The quantitative estimate of drug-likeness (QED) is 0.760. The highest BCUT2D eigenvalue weighted by molar-refractivity contribution is 7.91. The highest BCUT2D eigenvalue weighted by atomic mass is 32.2. The highest BCUT2D eigenvalue weighted by Gasteiger charge is 2.28. The van der Waals surface area contributed by atoms with Crippen LogP contribution in [0.5, 0.6) is 0 Å². The molecule has 0 aliphatic carbocycles. The summed E-state index contributed by atoms with van der Waals surface area (Å²) in [4.78, 5) is 0. The molecule has 0 aromatic rings. The van der Waals surface area contributed by atoms with Crippen LogP contribution in [0.1, 0.15) is 46.0 Å². The normalized spacial score (nSPS) is 26.7. The number of rotatable bonds is 6. The molecule has 1 heterocycles. The molecule has 1 saturated heterocycles. The Morgan fingerprint density at radius 1 is 1.40 bits per heavy atom. The molecular weight excluding hydrogens is 210 g/mol. The summed E-state index contributed by atoms with van der Waals surface area (Å²) in [6.45, 7) is 4.35. The van der Waals surface area contributed by atoms with Crippen molar-refractivity contribution in [1.29, 1.82) is 0 Å². The van der Waals surface area contributed by atoms with Gasteiger partial charge in [0, 0.05) is 12.1 Å². The Balaban J connectivity index is 2.33. The summed E-state index contributed by atoms with van der Waals surface area (Å²) >= 11 is 0. The Kier molecular flexibility index (Phi) is 5.06. The van der Waals surface area contributed by atoms with Crippen LogP contribution in [-0.2, 0) is 9.84 Å². The molecule has 0 unspecified atom stereocenters. The van der Waals surface area contributed by atoms with Crippen LogP contribution in [0.15, 0.2) is 0 Å². The van der Waals surface area contributed by atoms with Gasteiger partial charge in [0.05, 0.1) is 11.5 Å². The van der Waals surface area contributed by atoms with Crippen molar-refractivity contribution in [2.24, 2.45) is 0 Å². The molecule has 1 fully saturated rings. The summed E-state index contributed by atoms with van der Waals surface area (Å²) < 4.78 is 22.6. The van der Waals surface area contributed by atoms with Crippen LogP contribution in [0.4, 0.5) is 0 Å². The van der Waals surface area contributed by atoms with Crippen LogP contribution in [0.25, 0.3) is 0 Å². The number of hydrogen-bond acceptors (Lipinski definition) is 3. The van der Waals surface area contributed by atoms with Crippen molar-refractivity contribution in [1.82, 2.24) is 5.32 Å². The fraction of sp³-hybridized carbons (Fsp3) is 1.00. The average molecular weight is 233 g/mol. The first kappa shape index (κ1) is 13.0. The third-order valence-electron chi connectivity index (χ3n) is 3.10. The minimum Gasteiger partial charge on any atom is -0.310 e. The van der Waals surface area contributed by atoms with Crippen LogP contribution in [0, 0.1) is 0 Å². The van der Waals surface area contributed by atoms with Gasteiger partial charge in [0.1, 0.15) is 0 Å². The maximum absolute atomic E-state index is 11.3. The Bertz CT molecular complexity index is 274. The molecule has 0 radical (unpaired) electrons. The van der Waals surface area contributed by atoms with Gasteiger partial charge in [-0.05, 0) is 19.3 Å². The molecule has 1 aliphatic heterocycles. The summed E-state index contributed by atoms with van der Waals surface area (Å²) in [6, 6.07) is 0.708. The van der Waals surface area contributed by atoms with E-state index < -0.39 is 9.84 Å². The molecule has 0 amide bonds. The molecule has 1 rings (SSSR count). The maximum Gasteiger partial charge on any atom is 0.151 e. The summed E-state index contributed by atoms with van der Waals surface area (Å²) in [5, 5.41) is 3.48. The van der Waals surface area contributed by atoms with Crippen molar-refractivity contribution in [3.8, 4) is 0 Å². The van der Waals surface area contributed by atoms with Crippen LogP contribution < -0.4 is 5.32 Å². The van der Waals surface area contributed by atoms with Gasteiger partial charge in [-0.1, -0.05) is 26.7 Å². The lowest BCUT2D eigenvalue weighted by molar-refractivity contribution is 0.406. The zero-order valence-corrected chi connectivity index (χ0v) is 10.6. The number of unbranched alkanes of at least 4 members (excludes halogenated alkanes) is 1. The first-order chi connectivity index (χ1) is 7.07. The van der Waals surface area contributed by atoms with Crippen molar-refractivity contribution in [2.45, 2.75) is 58.0 Å². The molecule has 1 N–H and O–H groups in total. The molecule has 15 heavy (non-hydrogen) atoms. The highest BCUT2D eigenvalue weighted by Crippen LogP contribution is 2.14. The Morgan fingerprint density at radius 2 is 2.13 bits per heavy atom. The van der Waals surface area contributed by atoms with Gasteiger partial charge >= 0.3 is 0 Å². The monoisotopic (exact) mass is 233 g/mol. The molecular formula is C11H23NO2S. The summed E-state index contributed by atoms with van der Waals surface area (Å²) in [7, 11) is -2.73. The summed E-state index contributed by atoms with van der Waals surface area (Å²) in [5.74, 6) is 0.713. The molecule has 0 aromatic carbocycles. The van der Waals surface area contributed by atoms with E-state index in [1.165, 1.54) is 19.3 Å². The van der Waals surface area contributed by atoms with E-state index in [9.17, 15) is 8.42 Å². The van der Waals surface area contributed by atoms with Gasteiger partial charge < -0.3 is 5.32 Å². The third kappa shape index (κ3) is 4.51. The molecule has 0 bridgehead atoms. The van der Waals surface area contributed by atoms with E-state index in [1.807, 2.05) is 0 Å². The fourth-order valence-corrected chi connectivity index (χ4v) is 3.80. The third-order valence-corrected chi connectivity index (χ3v) is 4.87. The zero-order valence-electron chi connectivity index (χ0n) is 9.83. The smallest absolute Gasteiger partial charge is 0.151 e. The Hall–Kier alpha value is -0.0900. The van der Waals surface area contributed by atoms with Gasteiger partial charge in [-0.3, -0.25) is 0 Å². The van der Waals surface area contributed by atoms with E-state index >= 15 is 0 Å². The number of sulfone groups is 1. The van der Waals surface area contributed by atoms with Crippen molar-refractivity contribution in [2.75, 3.05) is 11.5 Å². The minimum absolute atomic E-state index is 0.205. The second kappa shape index (κ2) is 5.85. The van der Waals surface area contributed by atoms with Gasteiger partial charge in [0.15, 0.2) is 9.84 Å². The molecule has 0 saturated carbocycles. The fourth-order valence-electron chi connectivity index (χ4n) is 2.12. The van der Waals surface area contributed by atoms with Crippen LogP contribution in [-0.4, -0.2) is 32.0 Å². The van der Waals surface area contributed by atoms with Crippen molar-refractivity contribution >= 4 is 9.84 Å². The molecule has 90 valence electrons. The van der Waals surface area contributed by atoms with Gasteiger partial charge in [0.2, 0.25) is 0 Å². The molecule has 3 nitrogen and oxygen atoms in total. The van der Waals surface area contributed by atoms with Crippen LogP contribution in [0.3, 0.4) is 0 Å². The molecule has 4 heteroatoms. The average Bonchev–Trinajstić information content (AvgIpc) is 2.52. The molecule has 0 spiro atoms. The lowest BCUT2D eigenvalue weighted by Crippen LogP contribution is -2.38. The van der Waals surface area contributed by atoms with E-state index in [0.29, 0.717) is 17.5 Å². The number of nitrogens with one attached hydrogen (secondary N) is 1. The van der Waals surface area contributed by atoms with E-state index in [-0.39, 0.29) is 6.04 Å². The van der Waals surface area contributed by atoms with Crippen LogP contribution >= 0.6 is 0 Å². The van der Waals surface area contributed by atoms with Crippen molar-refractivity contribution < 1.29 is 8.42 Å². The lowest BCUT2D eigenvalue weighted by atomic mass is 10.1. The minimum atomic E-state index is -2.73. The van der Waals surface area contributed by atoms with E-state index in [2.05, 4.69) is 19.2 Å². The van der Waals surface area contributed by atoms with E-state index in [1.54, 1.807) is 0 Å². The first-order valence-corrected chi connectivity index (χ1v) is 7.86. The van der Waals surface area contributed by atoms with Crippen molar-refractivity contribution in [3.63, 3.8) is 0 Å². The van der Waals surface area contributed by atoms with E-state index in [0.717, 1.165) is 12.8 Å². The Labute approximate surface area is 93.6 Å². The predicted octanol–water partition coefficient (Wildman–Crippen LogP) is 1.73. The molecule has 0 aromatic heterocycles. The van der Waals surface area contributed by atoms with Gasteiger partial charge in [-0.25, -0.2) is 8.42 Å². The molecule has 2 atom stereocenters. The maximum atomic E-state index is 11.3. The zero-order chi connectivity index (χ0) is 11.3. The topological polar surface area (TPSA) is 46.2 Å². The molecule has 1 aliphatic rings. The van der Waals surface area contributed by atoms with Gasteiger partial charge in [-0.15, -0.1) is 0 Å². The second-order valence-electron chi connectivity index (χ2n) is 4.51. The lowest BCUT2D eigenvalue weighted by Gasteiger charge is -2.20.